The Morgan fingerprint density at radius 1 is 1.18 bits per heavy atom. The third-order valence-electron chi connectivity index (χ3n) is 0.879. The minimum absolute atomic E-state index is 0.452. The van der Waals surface area contributed by atoms with Crippen molar-refractivity contribution >= 4 is 40.7 Å². The van der Waals surface area contributed by atoms with Crippen LogP contribution in [0.1, 0.15) is 0 Å². The molecule has 0 aliphatic carbocycles. The fourth-order valence-corrected chi connectivity index (χ4v) is 7.40. The Labute approximate surface area is 73.7 Å². The second-order valence-electron chi connectivity index (χ2n) is 2.30. The average molecular weight is 227 g/mol. The van der Waals surface area contributed by atoms with Crippen LogP contribution in [0.15, 0.2) is 19.6 Å². The van der Waals surface area contributed by atoms with E-state index in [0.29, 0.717) is 0 Å². The maximum absolute atomic E-state index is 4.40. The molecule has 2 heterocycles. The van der Waals surface area contributed by atoms with Crippen LogP contribution in [0.3, 0.4) is 0 Å². The van der Waals surface area contributed by atoms with Gasteiger partial charge in [-0.15, -0.1) is 11.3 Å². The summed E-state index contributed by atoms with van der Waals surface area (Å²) in [7, 11) is -1.43. The highest BCUT2D eigenvalue weighted by Crippen LogP contribution is 2.47. The highest BCUT2D eigenvalue weighted by atomic mass is 32.3. The van der Waals surface area contributed by atoms with Crippen LogP contribution in [0.25, 0.3) is 0 Å². The van der Waals surface area contributed by atoms with E-state index < -0.39 is 29.3 Å². The summed E-state index contributed by atoms with van der Waals surface area (Å²) in [5, 5.41) is 0. The summed E-state index contributed by atoms with van der Waals surface area (Å²) in [5.41, 5.74) is 0. The van der Waals surface area contributed by atoms with Gasteiger partial charge in [0.2, 0.25) is 0 Å². The van der Waals surface area contributed by atoms with E-state index in [1.165, 1.54) is 11.4 Å². The van der Waals surface area contributed by atoms with Crippen molar-refractivity contribution in [1.29, 1.82) is 0 Å². The van der Waals surface area contributed by atoms with Gasteiger partial charge in [0, 0.05) is 0 Å². The Hall–Kier alpha value is 0.350. The second-order valence-corrected chi connectivity index (χ2v) is 9.21. The first-order valence-electron chi connectivity index (χ1n) is 2.76. The lowest BCUT2D eigenvalue weighted by Gasteiger charge is -2.12. The standard InChI is InChI=1S/C2H6N5PS3/c1-8(2)3-10-5-9-6-11(4-8)7-10/h1-2H3. The maximum atomic E-state index is 4.40. The summed E-state index contributed by atoms with van der Waals surface area (Å²) in [5.74, 6) is 0. The molecule has 5 nitrogen and oxygen atoms in total. The number of nitrogens with zero attached hydrogens (tertiary/aromatic N) is 5. The van der Waals surface area contributed by atoms with E-state index in [9.17, 15) is 0 Å². The van der Waals surface area contributed by atoms with Crippen molar-refractivity contribution in [3.63, 3.8) is 0 Å². The Kier molecular flexibility index (Phi) is 1.95. The lowest BCUT2D eigenvalue weighted by atomic mass is 11.9. The number of fused-ring (bicyclic) bond motifs is 1. The molecule has 0 aromatic rings. The molecular formula is C2H6N5PS3. The molecular weight excluding hydrogens is 221 g/mol. The molecule has 0 aromatic carbocycles. The summed E-state index contributed by atoms with van der Waals surface area (Å²) in [4.78, 5) is 0. The number of hydrogen-bond acceptors (Lipinski definition) is 5. The zero-order valence-electron chi connectivity index (χ0n) is 5.91. The van der Waals surface area contributed by atoms with Crippen LogP contribution in [0.4, 0.5) is 0 Å². The Bertz CT molecular complexity index is 381. The molecule has 0 saturated carbocycles. The predicted molar refractivity (Wildman–Crippen MR) is 53.0 cm³/mol. The van der Waals surface area contributed by atoms with Crippen LogP contribution >= 0.6 is 7.21 Å². The smallest absolute Gasteiger partial charge is 0.167 e. The Morgan fingerprint density at radius 2 is 1.91 bits per heavy atom. The monoisotopic (exact) mass is 227 g/mol. The van der Waals surface area contributed by atoms with Crippen LogP contribution in [0.2, 0.25) is 0 Å². The SMILES string of the molecule is CP1(C)=NS2=NS(=N1)N=S=N2. The van der Waals surface area contributed by atoms with E-state index >= 15 is 0 Å². The fourth-order valence-electron chi connectivity index (χ4n) is 0.592. The van der Waals surface area contributed by atoms with Crippen molar-refractivity contribution in [2.45, 2.75) is 0 Å². The molecule has 11 heavy (non-hydrogen) atoms. The van der Waals surface area contributed by atoms with Crippen LogP contribution < -0.4 is 0 Å². The molecule has 0 spiro atoms. The molecule has 0 fully saturated rings. The van der Waals surface area contributed by atoms with E-state index in [-0.39, 0.29) is 0 Å². The van der Waals surface area contributed by atoms with E-state index in [2.05, 4.69) is 32.9 Å². The first-order valence-corrected chi connectivity index (χ1v) is 8.27. The van der Waals surface area contributed by atoms with E-state index in [0.717, 1.165) is 0 Å². The third-order valence-corrected chi connectivity index (χ3v) is 7.91. The molecule has 0 saturated heterocycles. The van der Waals surface area contributed by atoms with Gasteiger partial charge in [-0.3, -0.25) is 0 Å². The maximum Gasteiger partial charge on any atom is 0.167 e. The molecule has 2 aliphatic rings. The lowest BCUT2D eigenvalue weighted by molar-refractivity contribution is 1.66. The molecule has 2 rings (SSSR count). The number of rotatable bonds is 0. The topological polar surface area (TPSA) is 61.8 Å². The largest absolute Gasteiger partial charge is 0.180 e. The fraction of sp³-hybridized carbons (Fsp3) is 1.00. The van der Waals surface area contributed by atoms with E-state index in [1.54, 1.807) is 0 Å². The Balaban J connectivity index is 2.66. The van der Waals surface area contributed by atoms with E-state index in [4.69, 9.17) is 0 Å². The normalized spacial score (nSPS) is 37.6. The molecule has 9 heteroatoms. The second kappa shape index (κ2) is 2.69. The summed E-state index contributed by atoms with van der Waals surface area (Å²) in [6.45, 7) is 4.12. The van der Waals surface area contributed by atoms with E-state index in [1.807, 2.05) is 0 Å². The molecule has 0 aromatic heterocycles. The first-order chi connectivity index (χ1) is 5.16. The average Bonchev–Trinajstić information content (AvgIpc) is 1.82. The Morgan fingerprint density at radius 3 is 2.64 bits per heavy atom. The quantitative estimate of drug-likeness (QED) is 0.569. The summed E-state index contributed by atoms with van der Waals surface area (Å²) in [6, 6.07) is 0. The highest BCUT2D eigenvalue weighted by molar-refractivity contribution is 8.06. The lowest BCUT2D eigenvalue weighted by Crippen LogP contribution is -1.92. The van der Waals surface area contributed by atoms with Crippen molar-refractivity contribution in [2.24, 2.45) is 19.6 Å². The van der Waals surface area contributed by atoms with Crippen LogP contribution in [-0.4, -0.2) is 13.3 Å². The molecule has 2 bridgehead atoms. The third kappa shape index (κ3) is 1.74. The molecule has 2 aliphatic heterocycles. The van der Waals surface area contributed by atoms with Gasteiger partial charge in [0.05, 0.1) is 18.6 Å². The molecule has 2 unspecified atom stereocenters. The molecule has 0 amide bonds. The van der Waals surface area contributed by atoms with Gasteiger partial charge in [-0.2, -0.15) is 8.28 Å². The summed E-state index contributed by atoms with van der Waals surface area (Å²) < 4.78 is 21.1. The summed E-state index contributed by atoms with van der Waals surface area (Å²) in [6.07, 6.45) is 0. The van der Waals surface area contributed by atoms with Crippen LogP contribution in [0, 0.1) is 0 Å². The minimum Gasteiger partial charge on any atom is -0.180 e. The van der Waals surface area contributed by atoms with Gasteiger partial charge in [-0.25, -0.2) is 0 Å². The van der Waals surface area contributed by atoms with Crippen LogP contribution in [-0.2, 0) is 33.5 Å². The highest BCUT2D eigenvalue weighted by Gasteiger charge is 2.14. The van der Waals surface area contributed by atoms with Gasteiger partial charge < -0.3 is 0 Å². The van der Waals surface area contributed by atoms with Gasteiger partial charge in [-0.1, -0.05) is 0 Å². The molecule has 2 atom stereocenters. The number of hydrogen-bond donors (Lipinski definition) is 0. The zero-order valence-corrected chi connectivity index (χ0v) is 9.25. The van der Waals surface area contributed by atoms with Crippen LogP contribution in [0.5, 0.6) is 0 Å². The van der Waals surface area contributed by atoms with Crippen molar-refractivity contribution in [3.05, 3.63) is 0 Å². The van der Waals surface area contributed by atoms with Crippen molar-refractivity contribution in [2.75, 3.05) is 13.3 Å². The molecule has 0 N–H and O–H groups in total. The van der Waals surface area contributed by atoms with Crippen molar-refractivity contribution < 1.29 is 0 Å². The van der Waals surface area contributed by atoms with Crippen molar-refractivity contribution in [1.82, 2.24) is 0 Å². The molecule has 62 valence electrons. The van der Waals surface area contributed by atoms with Gasteiger partial charge in [0.15, 0.2) is 22.1 Å². The predicted octanol–water partition coefficient (Wildman–Crippen LogP) is 2.10. The molecule has 0 radical (unpaired) electrons. The summed E-state index contributed by atoms with van der Waals surface area (Å²) >= 11 is 0.295. The minimum atomic E-state index is -1.43. The zero-order chi connectivity index (χ0) is 7.90. The van der Waals surface area contributed by atoms with Crippen molar-refractivity contribution in [3.8, 4) is 0 Å². The van der Waals surface area contributed by atoms with Gasteiger partial charge in [-0.05, 0) is 13.3 Å². The van der Waals surface area contributed by atoms with Gasteiger partial charge in [0.25, 0.3) is 0 Å². The van der Waals surface area contributed by atoms with Gasteiger partial charge in [0.1, 0.15) is 0 Å². The first kappa shape index (κ1) is 7.97. The van der Waals surface area contributed by atoms with Gasteiger partial charge >= 0.3 is 0 Å².